The lowest BCUT2D eigenvalue weighted by atomic mass is 10.2. The van der Waals surface area contributed by atoms with Gasteiger partial charge in [0.15, 0.2) is 0 Å². The number of anilines is 6. The molecule has 0 spiro atoms. The van der Waals surface area contributed by atoms with Gasteiger partial charge < -0.3 is 24.9 Å². The molecule has 0 saturated carbocycles. The van der Waals surface area contributed by atoms with Crippen molar-refractivity contribution in [1.29, 1.82) is 0 Å². The molecule has 2 aliphatic rings. The molecule has 1 N–H and O–H groups in total. The normalized spacial score (nSPS) is 16.0. The van der Waals surface area contributed by atoms with Gasteiger partial charge in [0, 0.05) is 70.4 Å². The van der Waals surface area contributed by atoms with Crippen LogP contribution >= 0.6 is 23.2 Å². The molecule has 1 aromatic carbocycles. The molecule has 2 aliphatic heterocycles. The van der Waals surface area contributed by atoms with Gasteiger partial charge in [-0.2, -0.15) is 28.1 Å². The predicted molar refractivity (Wildman–Crippen MR) is 162 cm³/mol. The van der Waals surface area contributed by atoms with Crippen LogP contribution in [0.15, 0.2) is 60.9 Å². The Balaban J connectivity index is 1.23. The predicted octanol–water partition coefficient (Wildman–Crippen LogP) is 5.38. The van der Waals surface area contributed by atoms with Crippen LogP contribution in [0.4, 0.5) is 48.3 Å². The monoisotopic (exact) mass is 630 g/mol. The summed E-state index contributed by atoms with van der Waals surface area (Å²) in [6, 6.07) is 12.0. The molecule has 2 fully saturated rings. The maximum absolute atomic E-state index is 13.1. The van der Waals surface area contributed by atoms with Gasteiger partial charge >= 0.3 is 6.18 Å². The van der Waals surface area contributed by atoms with E-state index in [0.29, 0.717) is 80.0 Å². The zero-order valence-electron chi connectivity index (χ0n) is 22.8. The summed E-state index contributed by atoms with van der Waals surface area (Å²) < 4.78 is 39.3. The van der Waals surface area contributed by atoms with Gasteiger partial charge in [0.1, 0.15) is 11.6 Å². The molecule has 224 valence electrons. The minimum absolute atomic E-state index is 0.241. The van der Waals surface area contributed by atoms with E-state index in [1.54, 1.807) is 24.5 Å². The van der Waals surface area contributed by atoms with Gasteiger partial charge in [-0.3, -0.25) is 0 Å². The molecule has 0 amide bonds. The Labute approximate surface area is 256 Å². The van der Waals surface area contributed by atoms with Crippen molar-refractivity contribution >= 4 is 58.4 Å². The molecule has 0 atom stereocenters. The Morgan fingerprint density at radius 3 is 1.47 bits per heavy atom. The quantitative estimate of drug-likeness (QED) is 0.299. The molecule has 2 saturated heterocycles. The zero-order valence-corrected chi connectivity index (χ0v) is 24.4. The van der Waals surface area contributed by atoms with E-state index in [1.807, 2.05) is 12.1 Å². The molecular formula is C28H27Cl2F3N10. The summed E-state index contributed by atoms with van der Waals surface area (Å²) in [6.45, 7) is 5.08. The van der Waals surface area contributed by atoms with Crippen molar-refractivity contribution in [1.82, 2.24) is 24.9 Å². The molecule has 0 aliphatic carbocycles. The Morgan fingerprint density at radius 1 is 0.605 bits per heavy atom. The van der Waals surface area contributed by atoms with Crippen LogP contribution in [0.5, 0.6) is 0 Å². The van der Waals surface area contributed by atoms with Crippen molar-refractivity contribution in [2.75, 3.05) is 77.3 Å². The number of hydrogen-bond acceptors (Lipinski definition) is 10. The molecule has 0 unspecified atom stereocenters. The Bertz CT molecular complexity index is 1470. The van der Waals surface area contributed by atoms with Crippen LogP contribution in [-0.4, -0.2) is 77.3 Å². The summed E-state index contributed by atoms with van der Waals surface area (Å²) in [7, 11) is 0. The number of benzene rings is 1. The van der Waals surface area contributed by atoms with Gasteiger partial charge in [0.2, 0.25) is 17.8 Å². The molecular weight excluding hydrogens is 604 g/mol. The minimum Gasteiger partial charge on any atom is -0.352 e. The van der Waals surface area contributed by atoms with Crippen molar-refractivity contribution < 1.29 is 13.2 Å². The maximum Gasteiger partial charge on any atom is 0.416 e. The average Bonchev–Trinajstić information content (AvgIpc) is 3.01. The highest BCUT2D eigenvalue weighted by Crippen LogP contribution is 2.31. The van der Waals surface area contributed by atoms with Gasteiger partial charge in [-0.05, 0) is 48.5 Å². The van der Waals surface area contributed by atoms with Gasteiger partial charge in [-0.15, -0.1) is 0 Å². The zero-order chi connectivity index (χ0) is 30.0. The number of nitrogens with one attached hydrogen (secondary N) is 1. The second kappa shape index (κ2) is 12.3. The molecule has 15 heteroatoms. The highest BCUT2D eigenvalue weighted by atomic mass is 35.5. The van der Waals surface area contributed by atoms with E-state index in [0.717, 1.165) is 23.8 Å². The van der Waals surface area contributed by atoms with Crippen LogP contribution in [0.3, 0.4) is 0 Å². The Kier molecular flexibility index (Phi) is 8.26. The third kappa shape index (κ3) is 6.62. The van der Waals surface area contributed by atoms with Gasteiger partial charge in [-0.1, -0.05) is 23.2 Å². The summed E-state index contributed by atoms with van der Waals surface area (Å²) in [5.41, 5.74) is -0.299. The fourth-order valence-corrected chi connectivity index (χ4v) is 5.50. The lowest BCUT2D eigenvalue weighted by molar-refractivity contribution is -0.137. The lowest BCUT2D eigenvalue weighted by Crippen LogP contribution is -2.49. The first-order valence-electron chi connectivity index (χ1n) is 13.7. The van der Waals surface area contributed by atoms with Crippen LogP contribution < -0.4 is 24.9 Å². The highest BCUT2D eigenvalue weighted by molar-refractivity contribution is 6.33. The number of halogens is 5. The van der Waals surface area contributed by atoms with Gasteiger partial charge in [-0.25, -0.2) is 9.97 Å². The second-order valence-corrected chi connectivity index (χ2v) is 10.8. The first kappa shape index (κ1) is 29.0. The standard InChI is InChI=1S/C28H27Cl2F3N10/c29-21-3-1-9-34-23(21)40-11-15-42(16-12-40)26-37-25(36-20-7-5-19(6-8-20)28(31,32)33)38-27(39-26)43-17-13-41(14-18-43)24-22(30)4-2-10-35-24/h1-10H,11-18H2,(H,36,37,38,39). The summed E-state index contributed by atoms with van der Waals surface area (Å²) >= 11 is 12.7. The van der Waals surface area contributed by atoms with Crippen molar-refractivity contribution in [3.63, 3.8) is 0 Å². The third-order valence-corrected chi connectivity index (χ3v) is 7.87. The molecule has 5 heterocycles. The summed E-state index contributed by atoms with van der Waals surface area (Å²) in [6.07, 6.45) is -0.992. The van der Waals surface area contributed by atoms with E-state index >= 15 is 0 Å². The van der Waals surface area contributed by atoms with Crippen LogP contribution in [-0.2, 0) is 6.18 Å². The Hall–Kier alpha value is -4.10. The molecule has 43 heavy (non-hydrogen) atoms. The number of piperazine rings is 2. The van der Waals surface area contributed by atoms with Gasteiger partial charge in [0.25, 0.3) is 0 Å². The minimum atomic E-state index is -4.42. The molecule has 6 rings (SSSR count). The van der Waals surface area contributed by atoms with E-state index in [4.69, 9.17) is 28.2 Å². The highest BCUT2D eigenvalue weighted by Gasteiger charge is 2.30. The van der Waals surface area contributed by atoms with Gasteiger partial charge in [0.05, 0.1) is 15.6 Å². The largest absolute Gasteiger partial charge is 0.416 e. The van der Waals surface area contributed by atoms with Crippen molar-refractivity contribution in [3.05, 3.63) is 76.5 Å². The summed E-state index contributed by atoms with van der Waals surface area (Å²) in [5, 5.41) is 4.25. The van der Waals surface area contributed by atoms with E-state index < -0.39 is 11.7 Å². The lowest BCUT2D eigenvalue weighted by Gasteiger charge is -2.37. The van der Waals surface area contributed by atoms with Crippen LogP contribution in [0.1, 0.15) is 5.56 Å². The summed E-state index contributed by atoms with van der Waals surface area (Å²) in [5.74, 6) is 2.65. The fourth-order valence-electron chi connectivity index (χ4n) is 5.02. The molecule has 10 nitrogen and oxygen atoms in total. The van der Waals surface area contributed by atoms with Crippen LogP contribution in [0.25, 0.3) is 0 Å². The Morgan fingerprint density at radius 2 is 1.05 bits per heavy atom. The third-order valence-electron chi connectivity index (χ3n) is 7.28. The SMILES string of the molecule is FC(F)(F)c1ccc(Nc2nc(N3CCN(c4ncccc4Cl)CC3)nc(N3CCN(c4ncccc4Cl)CC3)n2)cc1. The van der Waals surface area contributed by atoms with E-state index in [9.17, 15) is 13.2 Å². The number of pyridine rings is 2. The smallest absolute Gasteiger partial charge is 0.352 e. The van der Waals surface area contributed by atoms with Crippen LogP contribution in [0.2, 0.25) is 10.0 Å². The molecule has 3 aromatic heterocycles. The van der Waals surface area contributed by atoms with Crippen molar-refractivity contribution in [2.24, 2.45) is 0 Å². The van der Waals surface area contributed by atoms with E-state index in [2.05, 4.69) is 44.9 Å². The molecule has 0 bridgehead atoms. The van der Waals surface area contributed by atoms with Crippen molar-refractivity contribution in [2.45, 2.75) is 6.18 Å². The average molecular weight is 631 g/mol. The van der Waals surface area contributed by atoms with E-state index in [1.165, 1.54) is 12.1 Å². The van der Waals surface area contributed by atoms with E-state index in [-0.39, 0.29) is 5.95 Å². The van der Waals surface area contributed by atoms with Crippen molar-refractivity contribution in [3.8, 4) is 0 Å². The molecule has 4 aromatic rings. The molecule has 0 radical (unpaired) electrons. The number of alkyl halides is 3. The summed E-state index contributed by atoms with van der Waals surface area (Å²) in [4.78, 5) is 31.3. The second-order valence-electron chi connectivity index (χ2n) is 10.0. The number of hydrogen-bond donors (Lipinski definition) is 1. The number of aromatic nitrogens is 5. The number of nitrogens with zero attached hydrogens (tertiary/aromatic N) is 9. The van der Waals surface area contributed by atoms with Crippen LogP contribution in [0, 0.1) is 0 Å². The first-order chi connectivity index (χ1) is 20.7. The number of rotatable bonds is 6. The fraction of sp³-hybridized carbons (Fsp3) is 0.321. The topological polar surface area (TPSA) is 89.4 Å². The maximum atomic E-state index is 13.1. The first-order valence-corrected chi connectivity index (χ1v) is 14.4.